The number of likely N-dealkylation sites (N-methyl/N-ethyl adjacent to an activating group) is 2. The second-order valence-corrected chi connectivity index (χ2v) is 16.4. The Bertz CT molecular complexity index is 1460. The van der Waals surface area contributed by atoms with Crippen LogP contribution < -0.4 is 16.0 Å². The average molecular weight is 771 g/mol. The monoisotopic (exact) mass is 770 g/mol. The van der Waals surface area contributed by atoms with Crippen molar-refractivity contribution in [3.63, 3.8) is 0 Å². The number of methoxy groups -OCH3 is 2. The van der Waals surface area contributed by atoms with Crippen LogP contribution in [0.4, 0.5) is 0 Å². The maximum Gasteiger partial charge on any atom is 0.245 e. The van der Waals surface area contributed by atoms with Gasteiger partial charge in [0.2, 0.25) is 23.6 Å². The van der Waals surface area contributed by atoms with E-state index in [-0.39, 0.29) is 59.9 Å². The van der Waals surface area contributed by atoms with Crippen molar-refractivity contribution < 1.29 is 28.7 Å². The van der Waals surface area contributed by atoms with Gasteiger partial charge < -0.3 is 35.2 Å². The number of carbonyl (C=O) groups excluding carboxylic acids is 4. The zero-order valence-electron chi connectivity index (χ0n) is 34.3. The molecule has 9 atom stereocenters. The summed E-state index contributed by atoms with van der Waals surface area (Å²) in [7, 11) is 6.65. The number of nitrogens with one attached hydrogen (secondary N) is 3. The molecule has 12 nitrogen and oxygen atoms in total. The first-order valence-corrected chi connectivity index (χ1v) is 20.4. The van der Waals surface area contributed by atoms with Gasteiger partial charge in [0.25, 0.3) is 0 Å². The van der Waals surface area contributed by atoms with Crippen molar-refractivity contribution in [3.05, 3.63) is 52.5 Å². The van der Waals surface area contributed by atoms with E-state index in [1.807, 2.05) is 75.2 Å². The van der Waals surface area contributed by atoms with Crippen LogP contribution in [-0.4, -0.2) is 110 Å². The molecule has 0 radical (unpaired) electrons. The minimum absolute atomic E-state index is 0.00702. The summed E-state index contributed by atoms with van der Waals surface area (Å²) < 4.78 is 12.1. The Morgan fingerprint density at radius 3 is 2.17 bits per heavy atom. The number of amides is 4. The number of benzene rings is 1. The summed E-state index contributed by atoms with van der Waals surface area (Å²) in [5.41, 5.74) is 1.09. The predicted octanol–water partition coefficient (Wildman–Crippen LogP) is 4.85. The molecule has 1 aliphatic rings. The Labute approximate surface area is 327 Å². The first-order valence-electron chi connectivity index (χ1n) is 19.5. The van der Waals surface area contributed by atoms with Crippen LogP contribution in [0.1, 0.15) is 90.8 Å². The van der Waals surface area contributed by atoms with Crippen LogP contribution in [0.2, 0.25) is 0 Å². The topological polar surface area (TPSA) is 142 Å². The highest BCUT2D eigenvalue weighted by molar-refractivity contribution is 7.09. The van der Waals surface area contributed by atoms with Crippen molar-refractivity contribution in [2.75, 3.05) is 34.9 Å². The van der Waals surface area contributed by atoms with E-state index in [1.54, 1.807) is 39.4 Å². The minimum Gasteiger partial charge on any atom is -0.379 e. The van der Waals surface area contributed by atoms with Crippen molar-refractivity contribution in [2.45, 2.75) is 123 Å². The van der Waals surface area contributed by atoms with E-state index in [2.05, 4.69) is 34.8 Å². The van der Waals surface area contributed by atoms with Crippen LogP contribution in [0.15, 0.2) is 41.9 Å². The first kappa shape index (κ1) is 45.0. The van der Waals surface area contributed by atoms with Gasteiger partial charge in [-0.25, -0.2) is 4.98 Å². The van der Waals surface area contributed by atoms with Crippen molar-refractivity contribution >= 4 is 35.0 Å². The third-order valence-electron chi connectivity index (χ3n) is 11.1. The number of thiazole rings is 1. The summed E-state index contributed by atoms with van der Waals surface area (Å²) in [6.45, 7) is 14.3. The summed E-state index contributed by atoms with van der Waals surface area (Å²) in [5, 5.41) is 12.0. The highest BCUT2D eigenvalue weighted by atomic mass is 32.1. The van der Waals surface area contributed by atoms with Crippen LogP contribution in [0.3, 0.4) is 0 Å². The second-order valence-electron chi connectivity index (χ2n) is 15.5. The summed E-state index contributed by atoms with van der Waals surface area (Å²) in [5.74, 6) is -1.41. The molecule has 0 spiro atoms. The molecule has 13 heteroatoms. The van der Waals surface area contributed by atoms with Crippen LogP contribution >= 0.6 is 11.3 Å². The Hall–Kier alpha value is -3.39. The molecule has 54 heavy (non-hydrogen) atoms. The van der Waals surface area contributed by atoms with Gasteiger partial charge in [-0.2, -0.15) is 0 Å². The van der Waals surface area contributed by atoms with Gasteiger partial charge in [-0.05, 0) is 49.6 Å². The van der Waals surface area contributed by atoms with Crippen molar-refractivity contribution in [1.29, 1.82) is 0 Å². The number of rotatable bonds is 21. The maximum atomic E-state index is 14.3. The van der Waals surface area contributed by atoms with Gasteiger partial charge in [0.1, 0.15) is 11.0 Å². The molecule has 2 aromatic rings. The van der Waals surface area contributed by atoms with Gasteiger partial charge >= 0.3 is 0 Å². The Balaban J connectivity index is 1.78. The van der Waals surface area contributed by atoms with Crippen molar-refractivity contribution in [2.24, 2.45) is 23.7 Å². The lowest BCUT2D eigenvalue weighted by atomic mass is 9.89. The normalized spacial score (nSPS) is 19.1. The van der Waals surface area contributed by atoms with Gasteiger partial charge in [-0.1, -0.05) is 85.2 Å². The summed E-state index contributed by atoms with van der Waals surface area (Å²) in [4.78, 5) is 63.6. The number of hydrogen-bond acceptors (Lipinski definition) is 9. The van der Waals surface area contributed by atoms with Crippen molar-refractivity contribution in [1.82, 2.24) is 30.7 Å². The highest BCUT2D eigenvalue weighted by Gasteiger charge is 2.43. The molecular formula is C41H66N6O6S. The molecule has 1 fully saturated rings. The molecule has 1 aromatic carbocycles. The van der Waals surface area contributed by atoms with Crippen LogP contribution in [-0.2, 0) is 35.1 Å². The Morgan fingerprint density at radius 1 is 0.963 bits per heavy atom. The van der Waals surface area contributed by atoms with Crippen LogP contribution in [0, 0.1) is 23.7 Å². The fourth-order valence-corrected chi connectivity index (χ4v) is 8.50. The zero-order chi connectivity index (χ0) is 40.1. The fourth-order valence-electron chi connectivity index (χ4n) is 7.81. The van der Waals surface area contributed by atoms with E-state index in [4.69, 9.17) is 9.47 Å². The Kier molecular flexibility index (Phi) is 18.0. The first-order chi connectivity index (χ1) is 25.7. The quantitative estimate of drug-likeness (QED) is 0.164. The number of nitrogens with zero attached hydrogens (tertiary/aromatic N) is 3. The summed E-state index contributed by atoms with van der Waals surface area (Å²) in [6, 6.07) is 7.77. The molecule has 2 heterocycles. The van der Waals surface area contributed by atoms with Gasteiger partial charge in [0, 0.05) is 39.4 Å². The van der Waals surface area contributed by atoms with E-state index >= 15 is 0 Å². The molecule has 1 saturated heterocycles. The fraction of sp³-hybridized carbons (Fsp3) is 0.683. The number of likely N-dealkylation sites (tertiary alicyclic amines) is 1. The van der Waals surface area contributed by atoms with E-state index in [9.17, 15) is 19.2 Å². The molecule has 0 aliphatic carbocycles. The molecule has 0 saturated carbocycles. The van der Waals surface area contributed by atoms with E-state index in [1.165, 1.54) is 11.3 Å². The SMILES string of the molecule is CC[C@H](C)[C@@H]([C@@H](CC(=O)N1CCC[C@H]1[C@H](OC)C(C)C(=O)N[C@@H](Cc1ccccc1)c1nccs1)OC)N(C)C(=O)[C@@H](NC(=O)C(NC)C(C)C)C(C)C. The molecule has 3 rings (SSSR count). The lowest BCUT2D eigenvalue weighted by molar-refractivity contribution is -0.147. The highest BCUT2D eigenvalue weighted by Crippen LogP contribution is 2.30. The standard InChI is InChI=1S/C41H66N6O6S/c1-12-27(6)36(46(9)41(51)35(26(4)5)45-39(50)34(42-8)25(2)3)32(52-10)24-33(48)47-21-16-19-31(47)37(53-11)28(7)38(49)44-30(40-43-20-22-54-40)23-29-17-14-13-15-18-29/h13-15,17-18,20,22,25-28,30-32,34-37,42H,12,16,19,21,23-24H2,1-11H3,(H,44,49)(H,45,50)/t27-,28?,30-,31-,32+,34?,35-,36-,37+/m0/s1. The Morgan fingerprint density at radius 2 is 1.63 bits per heavy atom. The largest absolute Gasteiger partial charge is 0.379 e. The second kappa shape index (κ2) is 21.6. The summed E-state index contributed by atoms with van der Waals surface area (Å²) in [6.07, 6.45) is 3.48. The number of ether oxygens (including phenoxy) is 2. The number of carbonyl (C=O) groups is 4. The van der Waals surface area contributed by atoms with Gasteiger partial charge in [-0.15, -0.1) is 11.3 Å². The zero-order valence-corrected chi connectivity index (χ0v) is 35.2. The molecule has 1 aliphatic heterocycles. The minimum atomic E-state index is -0.752. The molecule has 0 bridgehead atoms. The lowest BCUT2D eigenvalue weighted by Crippen LogP contribution is -2.59. The van der Waals surface area contributed by atoms with Crippen LogP contribution in [0.5, 0.6) is 0 Å². The van der Waals surface area contributed by atoms with Gasteiger partial charge in [0.05, 0.1) is 48.7 Å². The van der Waals surface area contributed by atoms with Crippen LogP contribution in [0.25, 0.3) is 0 Å². The molecule has 4 amide bonds. The molecule has 3 N–H and O–H groups in total. The smallest absolute Gasteiger partial charge is 0.245 e. The predicted molar refractivity (Wildman–Crippen MR) is 214 cm³/mol. The van der Waals surface area contributed by atoms with Crippen molar-refractivity contribution in [3.8, 4) is 0 Å². The third-order valence-corrected chi connectivity index (χ3v) is 12.0. The van der Waals surface area contributed by atoms with E-state index in [0.29, 0.717) is 19.4 Å². The van der Waals surface area contributed by atoms with E-state index < -0.39 is 36.3 Å². The third kappa shape index (κ3) is 11.6. The maximum absolute atomic E-state index is 14.3. The molecule has 2 unspecified atom stereocenters. The average Bonchev–Trinajstić information content (AvgIpc) is 3.87. The number of hydrogen-bond donors (Lipinski definition) is 3. The van der Waals surface area contributed by atoms with Gasteiger partial charge in [-0.3, -0.25) is 19.2 Å². The number of aromatic nitrogens is 1. The molecule has 1 aromatic heterocycles. The molecule has 302 valence electrons. The van der Waals surface area contributed by atoms with Gasteiger partial charge in [0.15, 0.2) is 0 Å². The summed E-state index contributed by atoms with van der Waals surface area (Å²) >= 11 is 1.51. The lowest BCUT2D eigenvalue weighted by Gasteiger charge is -2.41. The van der Waals surface area contributed by atoms with E-state index in [0.717, 1.165) is 23.4 Å². The molecular weight excluding hydrogens is 705 g/mol.